The van der Waals surface area contributed by atoms with Crippen LogP contribution in [-0.4, -0.2) is 65.5 Å². The molecule has 4 atom stereocenters. The van der Waals surface area contributed by atoms with Crippen LogP contribution in [0.3, 0.4) is 0 Å². The molecule has 1 saturated heterocycles. The lowest BCUT2D eigenvalue weighted by Crippen LogP contribution is -2.46. The Hall–Kier alpha value is -2.85. The number of pyridine rings is 1. The Labute approximate surface area is 230 Å². The van der Waals surface area contributed by atoms with E-state index in [4.69, 9.17) is 19.2 Å². The number of ether oxygens (including phenoxy) is 3. The summed E-state index contributed by atoms with van der Waals surface area (Å²) >= 11 is 0. The third-order valence-electron chi connectivity index (χ3n) is 7.24. The number of carbonyl (C=O) groups excluding carboxylic acids is 1. The fraction of sp³-hybridized carbons (Fsp3) is 0.567. The number of esters is 1. The molecule has 3 heterocycles. The molecule has 0 saturated carbocycles. The highest BCUT2D eigenvalue weighted by atomic mass is 16.6. The summed E-state index contributed by atoms with van der Waals surface area (Å²) in [5, 5.41) is 13.3. The van der Waals surface area contributed by atoms with E-state index in [0.29, 0.717) is 31.9 Å². The molecule has 9 nitrogen and oxygen atoms in total. The molecule has 39 heavy (non-hydrogen) atoms. The highest BCUT2D eigenvalue weighted by molar-refractivity contribution is 6.04. The van der Waals surface area contributed by atoms with Crippen molar-refractivity contribution < 1.29 is 24.1 Å². The lowest BCUT2D eigenvalue weighted by Gasteiger charge is -2.27. The zero-order valence-corrected chi connectivity index (χ0v) is 23.6. The van der Waals surface area contributed by atoms with E-state index >= 15 is 0 Å². The first-order valence-electron chi connectivity index (χ1n) is 13.8. The minimum absolute atomic E-state index is 0.00607. The van der Waals surface area contributed by atoms with Crippen LogP contribution in [0.2, 0.25) is 0 Å². The molecule has 2 unspecified atom stereocenters. The van der Waals surface area contributed by atoms with E-state index in [1.807, 2.05) is 31.3 Å². The fourth-order valence-electron chi connectivity index (χ4n) is 5.24. The third-order valence-corrected chi connectivity index (χ3v) is 7.24. The van der Waals surface area contributed by atoms with Gasteiger partial charge < -0.3 is 23.9 Å². The maximum Gasteiger partial charge on any atom is 0.326 e. The molecule has 1 fully saturated rings. The summed E-state index contributed by atoms with van der Waals surface area (Å²) in [6, 6.07) is 7.25. The number of nitrogens with one attached hydrogen (secondary N) is 1. The highest BCUT2D eigenvalue weighted by Gasteiger charge is 2.29. The molecule has 1 aromatic carbocycles. The molecule has 2 N–H and O–H groups in total. The van der Waals surface area contributed by atoms with E-state index in [-0.39, 0.29) is 23.7 Å². The van der Waals surface area contributed by atoms with Gasteiger partial charge in [-0.1, -0.05) is 12.1 Å². The largest absolute Gasteiger partial charge is 0.462 e. The number of aromatic nitrogens is 1. The second-order valence-electron chi connectivity index (χ2n) is 10.9. The molecule has 4 rings (SSSR count). The molecule has 2 aliphatic heterocycles. The summed E-state index contributed by atoms with van der Waals surface area (Å²) in [4.78, 5) is 30.1. The first-order valence-corrected chi connectivity index (χ1v) is 13.8. The number of fused-ring (bicyclic) bond motifs is 1. The number of hydrogen-bond donors (Lipinski definition) is 2. The van der Waals surface area contributed by atoms with Gasteiger partial charge in [0.05, 0.1) is 49.5 Å². The number of aliphatic imine (C=N–C) groups is 1. The van der Waals surface area contributed by atoms with E-state index in [2.05, 4.69) is 11.4 Å². The van der Waals surface area contributed by atoms with Gasteiger partial charge in [0.2, 0.25) is 0 Å². The van der Waals surface area contributed by atoms with E-state index < -0.39 is 18.1 Å². The van der Waals surface area contributed by atoms with Gasteiger partial charge in [0.25, 0.3) is 5.56 Å². The number of aryl methyl sites for hydroxylation is 3. The predicted octanol–water partition coefficient (Wildman–Crippen LogP) is 2.97. The number of nitrogens with zero attached hydrogens (tertiary/aromatic N) is 2. The minimum atomic E-state index is -0.901. The summed E-state index contributed by atoms with van der Waals surface area (Å²) in [5.41, 5.74) is 5.48. The summed E-state index contributed by atoms with van der Waals surface area (Å²) in [5.74, 6) is -0.343. The van der Waals surface area contributed by atoms with Crippen LogP contribution in [0.15, 0.2) is 40.2 Å². The maximum atomic E-state index is 12.5. The number of rotatable bonds is 9. The van der Waals surface area contributed by atoms with E-state index in [1.165, 1.54) is 0 Å². The fourth-order valence-corrected chi connectivity index (χ4v) is 5.24. The van der Waals surface area contributed by atoms with Crippen LogP contribution in [-0.2, 0) is 39.0 Å². The molecular weight excluding hydrogens is 498 g/mol. The number of aliphatic hydroxyl groups is 1. The van der Waals surface area contributed by atoms with Crippen LogP contribution in [0.25, 0.3) is 0 Å². The summed E-state index contributed by atoms with van der Waals surface area (Å²) in [6.07, 6.45) is 3.25. The van der Waals surface area contributed by atoms with Gasteiger partial charge in [0.15, 0.2) is 0 Å². The predicted molar refractivity (Wildman–Crippen MR) is 150 cm³/mol. The highest BCUT2D eigenvalue weighted by Crippen LogP contribution is 2.33. The maximum absolute atomic E-state index is 12.5. The van der Waals surface area contributed by atoms with Crippen molar-refractivity contribution in [1.29, 1.82) is 0 Å². The van der Waals surface area contributed by atoms with Crippen LogP contribution < -0.4 is 10.9 Å². The number of benzene rings is 1. The van der Waals surface area contributed by atoms with Crippen LogP contribution in [0, 0.1) is 12.8 Å². The van der Waals surface area contributed by atoms with Crippen LogP contribution in [0.5, 0.6) is 0 Å². The van der Waals surface area contributed by atoms with E-state index in [0.717, 1.165) is 47.4 Å². The Morgan fingerprint density at radius 2 is 2.05 bits per heavy atom. The van der Waals surface area contributed by atoms with Crippen molar-refractivity contribution in [2.45, 2.75) is 77.9 Å². The van der Waals surface area contributed by atoms with E-state index in [9.17, 15) is 14.7 Å². The SMILES string of the molecule is Cc1cc(C2=Nc3cc(CN[C@H](C(=O)OC(C)C)[C@@H](C)O)ccc3CCC2CC2COCCO2)cn(C)c1=O. The summed E-state index contributed by atoms with van der Waals surface area (Å²) < 4.78 is 18.6. The first kappa shape index (κ1) is 29.1. The standard InChI is InChI=1S/C30H41N3O6/c1-18(2)39-30(36)27(20(4)34)31-15-21-6-7-22-8-9-23(14-25-17-37-10-11-38-25)28(32-26(22)13-21)24-12-19(3)29(35)33(5)16-24/h6-7,12-13,16,18,20,23,25,27,31,34H,8-11,14-15,17H2,1-5H3/t20-,23?,25?,27+/m1/s1. The van der Waals surface area contributed by atoms with Gasteiger partial charge in [-0.2, -0.15) is 0 Å². The van der Waals surface area contributed by atoms with Gasteiger partial charge in [-0.15, -0.1) is 0 Å². The molecule has 1 aromatic heterocycles. The van der Waals surface area contributed by atoms with Gasteiger partial charge in [-0.25, -0.2) is 0 Å². The van der Waals surface area contributed by atoms with E-state index in [1.54, 1.807) is 32.4 Å². The number of hydrogen-bond acceptors (Lipinski definition) is 8. The van der Waals surface area contributed by atoms with Crippen molar-refractivity contribution in [2.24, 2.45) is 18.0 Å². The Bertz CT molecular complexity index is 1220. The van der Waals surface area contributed by atoms with Gasteiger partial charge in [0.1, 0.15) is 6.04 Å². The van der Waals surface area contributed by atoms with Crippen molar-refractivity contribution in [2.75, 3.05) is 19.8 Å². The van der Waals surface area contributed by atoms with Crippen molar-refractivity contribution in [3.8, 4) is 0 Å². The van der Waals surface area contributed by atoms with Gasteiger partial charge in [-0.3, -0.25) is 19.9 Å². The zero-order chi connectivity index (χ0) is 28.1. The lowest BCUT2D eigenvalue weighted by atomic mass is 9.87. The van der Waals surface area contributed by atoms with Gasteiger partial charge in [-0.05, 0) is 70.2 Å². The first-order chi connectivity index (χ1) is 18.6. The molecule has 0 spiro atoms. The minimum Gasteiger partial charge on any atom is -0.462 e. The molecule has 0 bridgehead atoms. The van der Waals surface area contributed by atoms with Crippen LogP contribution in [0.4, 0.5) is 5.69 Å². The summed E-state index contributed by atoms with van der Waals surface area (Å²) in [6.45, 7) is 9.13. The van der Waals surface area contributed by atoms with Crippen molar-refractivity contribution in [3.63, 3.8) is 0 Å². The molecule has 2 aliphatic rings. The molecule has 2 aromatic rings. The second-order valence-corrected chi connectivity index (χ2v) is 10.9. The average molecular weight is 540 g/mol. The molecule has 9 heteroatoms. The smallest absolute Gasteiger partial charge is 0.326 e. The normalized spacial score (nSPS) is 21.1. The lowest BCUT2D eigenvalue weighted by molar-refractivity contribution is -0.152. The Morgan fingerprint density at radius 1 is 1.26 bits per heavy atom. The van der Waals surface area contributed by atoms with Gasteiger partial charge in [0, 0.05) is 36.8 Å². The molecule has 0 aliphatic carbocycles. The number of carbonyl (C=O) groups is 1. The van der Waals surface area contributed by atoms with Crippen molar-refractivity contribution in [3.05, 3.63) is 63.1 Å². The quantitative estimate of drug-likeness (QED) is 0.471. The topological polar surface area (TPSA) is 111 Å². The molecule has 0 amide bonds. The molecule has 212 valence electrons. The second kappa shape index (κ2) is 13.0. The van der Waals surface area contributed by atoms with Crippen molar-refractivity contribution in [1.82, 2.24) is 9.88 Å². The summed E-state index contributed by atoms with van der Waals surface area (Å²) in [7, 11) is 1.77. The van der Waals surface area contributed by atoms with Crippen LogP contribution in [0.1, 0.15) is 55.9 Å². The Morgan fingerprint density at radius 3 is 2.72 bits per heavy atom. The van der Waals surface area contributed by atoms with Crippen molar-refractivity contribution >= 4 is 17.4 Å². The van der Waals surface area contributed by atoms with Crippen LogP contribution >= 0.6 is 0 Å². The zero-order valence-electron chi connectivity index (χ0n) is 23.6. The molecule has 0 radical (unpaired) electrons. The monoisotopic (exact) mass is 539 g/mol. The molecular formula is C30H41N3O6. The average Bonchev–Trinajstić information content (AvgIpc) is 3.06. The van der Waals surface area contributed by atoms with Gasteiger partial charge >= 0.3 is 5.97 Å². The Balaban J connectivity index is 1.64. The Kier molecular flexibility index (Phi) is 9.71. The third kappa shape index (κ3) is 7.42. The number of aliphatic hydroxyl groups excluding tert-OH is 1.